The lowest BCUT2D eigenvalue weighted by Crippen LogP contribution is -2.33. The maximum atomic E-state index is 14.9. The van der Waals surface area contributed by atoms with Gasteiger partial charge in [0, 0.05) is 22.8 Å². The van der Waals surface area contributed by atoms with Crippen molar-refractivity contribution in [3.05, 3.63) is 118 Å². The van der Waals surface area contributed by atoms with Crippen molar-refractivity contribution in [2.75, 3.05) is 0 Å². The summed E-state index contributed by atoms with van der Waals surface area (Å²) in [5.74, 6) is -5.45. The third-order valence-electron chi connectivity index (χ3n) is 6.81. The van der Waals surface area contributed by atoms with Crippen molar-refractivity contribution in [3.63, 3.8) is 0 Å². The van der Waals surface area contributed by atoms with E-state index in [9.17, 15) is 43.9 Å². The van der Waals surface area contributed by atoms with Gasteiger partial charge >= 0.3 is 12.3 Å². The molecule has 232 valence electrons. The Labute approximate surface area is 246 Å². The number of ether oxygens (including phenoxy) is 1. The van der Waals surface area contributed by atoms with Crippen molar-refractivity contribution in [3.8, 4) is 17.6 Å². The lowest BCUT2D eigenvalue weighted by Gasteiger charge is -2.25. The fraction of sp³-hybridized carbons (Fsp3) is 0.273. The second-order valence-electron chi connectivity index (χ2n) is 10.1. The van der Waals surface area contributed by atoms with Crippen LogP contribution in [0.1, 0.15) is 54.0 Å². The van der Waals surface area contributed by atoms with Crippen LogP contribution in [0.2, 0.25) is 0 Å². The van der Waals surface area contributed by atoms with Crippen molar-refractivity contribution in [2.45, 2.75) is 51.1 Å². The molecule has 1 aliphatic rings. The van der Waals surface area contributed by atoms with Gasteiger partial charge in [-0.25, -0.2) is 22.0 Å². The first-order valence-electron chi connectivity index (χ1n) is 13.5. The molecule has 1 aliphatic carbocycles. The van der Waals surface area contributed by atoms with Gasteiger partial charge in [-0.05, 0) is 72.5 Å². The maximum absolute atomic E-state index is 14.9. The number of allylic oxidation sites excluding steroid dienone is 4. The summed E-state index contributed by atoms with van der Waals surface area (Å²) in [6.07, 6.45) is -8.02. The standard InChI is InChI=1S/C33H24F10O/c1-2-3-4-5-19-6-8-20(9-7-19)10-11-21-14-26(35)31(27(36)15-21)33(42,43)44-23-12-13-24(25(34)18-23)22-16-28(37)30(29(38)17-22)32(39,40)41/h6-9,12-18,28,30H,2-5H2,1H3. The summed E-state index contributed by atoms with van der Waals surface area (Å²) >= 11 is 0. The third-order valence-corrected chi connectivity index (χ3v) is 6.81. The van der Waals surface area contributed by atoms with E-state index in [1.807, 2.05) is 12.1 Å². The van der Waals surface area contributed by atoms with E-state index in [-0.39, 0.29) is 11.6 Å². The van der Waals surface area contributed by atoms with Crippen LogP contribution in [-0.2, 0) is 12.5 Å². The van der Waals surface area contributed by atoms with Crippen molar-refractivity contribution >= 4 is 5.57 Å². The molecule has 0 spiro atoms. The summed E-state index contributed by atoms with van der Waals surface area (Å²) in [6, 6.07) is 10.1. The summed E-state index contributed by atoms with van der Waals surface area (Å²) in [5.41, 5.74) is -1.60. The topological polar surface area (TPSA) is 9.23 Å². The molecule has 2 atom stereocenters. The summed E-state index contributed by atoms with van der Waals surface area (Å²) in [4.78, 5) is 0. The first-order chi connectivity index (χ1) is 20.7. The van der Waals surface area contributed by atoms with Gasteiger partial charge < -0.3 is 4.74 Å². The Kier molecular flexibility index (Phi) is 9.81. The summed E-state index contributed by atoms with van der Waals surface area (Å²) in [6.45, 7) is 2.10. The average molecular weight is 627 g/mol. The smallest absolute Gasteiger partial charge is 0.429 e. The van der Waals surface area contributed by atoms with Crippen LogP contribution in [0.4, 0.5) is 43.9 Å². The van der Waals surface area contributed by atoms with E-state index in [2.05, 4.69) is 23.5 Å². The first-order valence-corrected chi connectivity index (χ1v) is 13.5. The fourth-order valence-electron chi connectivity index (χ4n) is 4.60. The van der Waals surface area contributed by atoms with E-state index in [0.717, 1.165) is 37.3 Å². The van der Waals surface area contributed by atoms with Gasteiger partial charge in [0.25, 0.3) is 0 Å². The van der Waals surface area contributed by atoms with Crippen LogP contribution < -0.4 is 4.74 Å². The Hall–Kier alpha value is -4.20. The molecule has 1 nitrogen and oxygen atoms in total. The molecule has 0 amide bonds. The van der Waals surface area contributed by atoms with E-state index in [1.54, 1.807) is 12.1 Å². The van der Waals surface area contributed by atoms with Crippen LogP contribution >= 0.6 is 0 Å². The van der Waals surface area contributed by atoms with Crippen LogP contribution in [0.5, 0.6) is 5.75 Å². The van der Waals surface area contributed by atoms with E-state index in [0.29, 0.717) is 35.9 Å². The lowest BCUT2D eigenvalue weighted by molar-refractivity contribution is -0.189. The molecule has 4 rings (SSSR count). The summed E-state index contributed by atoms with van der Waals surface area (Å²) in [5, 5.41) is 0. The van der Waals surface area contributed by atoms with Crippen molar-refractivity contribution in [1.29, 1.82) is 0 Å². The molecule has 11 heteroatoms. The number of rotatable bonds is 8. The lowest BCUT2D eigenvalue weighted by atomic mass is 9.90. The molecular formula is C33H24F10O. The number of aryl methyl sites for hydroxylation is 1. The number of halogens is 10. The highest BCUT2D eigenvalue weighted by Gasteiger charge is 2.49. The van der Waals surface area contributed by atoms with Gasteiger partial charge in [0.1, 0.15) is 46.7 Å². The van der Waals surface area contributed by atoms with Gasteiger partial charge in [0.15, 0.2) is 0 Å². The molecule has 0 fully saturated rings. The van der Waals surface area contributed by atoms with Gasteiger partial charge in [-0.1, -0.05) is 43.7 Å². The first kappa shape index (κ1) is 32.7. The molecule has 44 heavy (non-hydrogen) atoms. The van der Waals surface area contributed by atoms with E-state index in [4.69, 9.17) is 0 Å². The van der Waals surface area contributed by atoms with Gasteiger partial charge in [-0.3, -0.25) is 0 Å². The Morgan fingerprint density at radius 1 is 0.773 bits per heavy atom. The van der Waals surface area contributed by atoms with Crippen molar-refractivity contribution < 1.29 is 48.6 Å². The summed E-state index contributed by atoms with van der Waals surface area (Å²) in [7, 11) is 0. The molecule has 0 radical (unpaired) electrons. The minimum atomic E-state index is -5.24. The van der Waals surface area contributed by atoms with Gasteiger partial charge in [-0.15, -0.1) is 0 Å². The van der Waals surface area contributed by atoms with Crippen LogP contribution in [-0.4, -0.2) is 12.3 Å². The second-order valence-corrected chi connectivity index (χ2v) is 10.1. The predicted octanol–water partition coefficient (Wildman–Crippen LogP) is 10.1. The maximum Gasteiger partial charge on any atom is 0.432 e. The Bertz CT molecular complexity index is 1600. The predicted molar refractivity (Wildman–Crippen MR) is 145 cm³/mol. The van der Waals surface area contributed by atoms with E-state index < -0.39 is 70.1 Å². The number of alkyl halides is 6. The molecule has 0 saturated heterocycles. The number of hydrogen-bond acceptors (Lipinski definition) is 1. The highest BCUT2D eigenvalue weighted by Crippen LogP contribution is 2.43. The minimum Gasteiger partial charge on any atom is -0.429 e. The Morgan fingerprint density at radius 2 is 1.41 bits per heavy atom. The van der Waals surface area contributed by atoms with Gasteiger partial charge in [-0.2, -0.15) is 22.0 Å². The van der Waals surface area contributed by atoms with Crippen molar-refractivity contribution in [1.82, 2.24) is 0 Å². The quantitative estimate of drug-likeness (QED) is 0.137. The van der Waals surface area contributed by atoms with Gasteiger partial charge in [0.05, 0.1) is 0 Å². The molecule has 0 saturated carbocycles. The zero-order valence-corrected chi connectivity index (χ0v) is 23.0. The van der Waals surface area contributed by atoms with Gasteiger partial charge in [0.2, 0.25) is 0 Å². The molecule has 0 aromatic heterocycles. The molecule has 0 aliphatic heterocycles. The molecule has 2 unspecified atom stereocenters. The zero-order valence-electron chi connectivity index (χ0n) is 23.0. The van der Waals surface area contributed by atoms with E-state index >= 15 is 0 Å². The monoisotopic (exact) mass is 626 g/mol. The Balaban J connectivity index is 1.50. The minimum absolute atomic E-state index is 0.234. The number of unbranched alkanes of at least 4 members (excludes halogenated alkanes) is 2. The Morgan fingerprint density at radius 3 is 1.98 bits per heavy atom. The molecule has 0 N–H and O–H groups in total. The fourth-order valence-corrected chi connectivity index (χ4v) is 4.60. The highest BCUT2D eigenvalue weighted by molar-refractivity contribution is 5.77. The zero-order chi connectivity index (χ0) is 32.2. The number of hydrogen-bond donors (Lipinski definition) is 0. The van der Waals surface area contributed by atoms with Crippen LogP contribution in [0.15, 0.2) is 72.6 Å². The molecule has 0 heterocycles. The van der Waals surface area contributed by atoms with Crippen molar-refractivity contribution in [2.24, 2.45) is 5.92 Å². The normalized spacial score (nSPS) is 17.0. The van der Waals surface area contributed by atoms with E-state index in [1.165, 1.54) is 0 Å². The molecular weight excluding hydrogens is 602 g/mol. The average Bonchev–Trinajstić information content (AvgIpc) is 2.91. The highest BCUT2D eigenvalue weighted by atomic mass is 19.4. The largest absolute Gasteiger partial charge is 0.432 e. The second kappa shape index (κ2) is 13.2. The van der Waals surface area contributed by atoms with Crippen LogP contribution in [0, 0.1) is 35.2 Å². The van der Waals surface area contributed by atoms with Crippen LogP contribution in [0.3, 0.4) is 0 Å². The molecule has 3 aromatic carbocycles. The SMILES string of the molecule is CCCCCc1ccc(C#Cc2cc(F)c(C(F)(F)Oc3ccc(C4=CC(F)C(C(F)(F)F)C(F)=C4)c(F)c3)c(F)c2)cc1. The van der Waals surface area contributed by atoms with Crippen LogP contribution in [0.25, 0.3) is 5.57 Å². The molecule has 3 aromatic rings. The third kappa shape index (κ3) is 7.65. The number of benzene rings is 3. The summed E-state index contributed by atoms with van der Waals surface area (Å²) < 4.78 is 145. The molecule has 0 bridgehead atoms.